The van der Waals surface area contributed by atoms with Gasteiger partial charge in [0.25, 0.3) is 0 Å². The molecule has 3 nitrogen and oxygen atoms in total. The molecule has 1 N–H and O–H groups in total. The Morgan fingerprint density at radius 1 is 0.714 bits per heavy atom. The van der Waals surface area contributed by atoms with Gasteiger partial charge in [-0.3, -0.25) is 0 Å². The maximum Gasteiger partial charge on any atom is 0.142 e. The number of benzene rings is 3. The average Bonchev–Trinajstić information content (AvgIpc) is 2.75. The average molecular weight is 376 g/mol. The fourth-order valence-corrected chi connectivity index (χ4v) is 2.90. The lowest BCUT2D eigenvalue weighted by Crippen LogP contribution is -2.04. The van der Waals surface area contributed by atoms with Crippen molar-refractivity contribution >= 4 is 5.69 Å². The molecule has 0 heterocycles. The summed E-state index contributed by atoms with van der Waals surface area (Å²) in [5.41, 5.74) is 3.53. The third kappa shape index (κ3) is 6.34. The maximum atomic E-state index is 5.88. The molecule has 0 aromatic heterocycles. The molecule has 3 aromatic carbocycles. The second-order valence-corrected chi connectivity index (χ2v) is 6.78. The predicted molar refractivity (Wildman–Crippen MR) is 116 cm³/mol. The number of hydrogen-bond donors (Lipinski definition) is 1. The number of ether oxygens (including phenoxy) is 2. The number of rotatable bonds is 11. The fourth-order valence-electron chi connectivity index (χ4n) is 2.90. The molecule has 0 unspecified atom stereocenters. The summed E-state index contributed by atoms with van der Waals surface area (Å²) >= 11 is 0. The van der Waals surface area contributed by atoms with E-state index in [0.29, 0.717) is 6.61 Å². The van der Waals surface area contributed by atoms with Crippen LogP contribution in [0.3, 0.4) is 0 Å². The summed E-state index contributed by atoms with van der Waals surface area (Å²) in [5, 5.41) is 3.47. The van der Waals surface area contributed by atoms with Gasteiger partial charge in [-0.25, -0.2) is 0 Å². The molecule has 0 aliphatic rings. The minimum atomic E-state index is 0.685. The molecule has 0 aliphatic carbocycles. The SMILES string of the molecule is CCCCOc1ccccc1NCc1ccc(OCCc2ccccc2)cc1. The van der Waals surface area contributed by atoms with E-state index in [9.17, 15) is 0 Å². The Hall–Kier alpha value is -2.94. The van der Waals surface area contributed by atoms with E-state index in [1.807, 2.05) is 36.4 Å². The van der Waals surface area contributed by atoms with E-state index in [1.165, 1.54) is 11.1 Å². The van der Waals surface area contributed by atoms with Crippen molar-refractivity contribution < 1.29 is 9.47 Å². The minimum Gasteiger partial charge on any atom is -0.493 e. The van der Waals surface area contributed by atoms with Crippen molar-refractivity contribution in [2.45, 2.75) is 32.7 Å². The zero-order valence-corrected chi connectivity index (χ0v) is 16.6. The smallest absolute Gasteiger partial charge is 0.142 e. The van der Waals surface area contributed by atoms with Gasteiger partial charge in [-0.1, -0.05) is 67.9 Å². The summed E-state index contributed by atoms with van der Waals surface area (Å²) in [7, 11) is 0. The van der Waals surface area contributed by atoms with Crippen LogP contribution in [-0.2, 0) is 13.0 Å². The van der Waals surface area contributed by atoms with Crippen LogP contribution < -0.4 is 14.8 Å². The highest BCUT2D eigenvalue weighted by Gasteiger charge is 2.03. The molecule has 0 spiro atoms. The van der Waals surface area contributed by atoms with Crippen molar-refractivity contribution in [1.82, 2.24) is 0 Å². The topological polar surface area (TPSA) is 30.5 Å². The monoisotopic (exact) mass is 375 g/mol. The van der Waals surface area contributed by atoms with E-state index < -0.39 is 0 Å². The summed E-state index contributed by atoms with van der Waals surface area (Å²) in [6.07, 6.45) is 3.12. The van der Waals surface area contributed by atoms with E-state index in [4.69, 9.17) is 9.47 Å². The van der Waals surface area contributed by atoms with Crippen LogP contribution in [0.25, 0.3) is 0 Å². The first kappa shape index (κ1) is 19.8. The number of anilines is 1. The molecule has 0 amide bonds. The molecule has 3 heteroatoms. The third-order valence-electron chi connectivity index (χ3n) is 4.55. The van der Waals surface area contributed by atoms with Crippen LogP contribution in [-0.4, -0.2) is 13.2 Å². The molecule has 28 heavy (non-hydrogen) atoms. The molecule has 0 atom stereocenters. The van der Waals surface area contributed by atoms with Crippen molar-refractivity contribution in [3.63, 3.8) is 0 Å². The summed E-state index contributed by atoms with van der Waals surface area (Å²) in [6, 6.07) is 26.8. The quantitative estimate of drug-likeness (QED) is 0.411. The molecule has 0 saturated heterocycles. The first-order chi connectivity index (χ1) is 13.8. The van der Waals surface area contributed by atoms with E-state index in [2.05, 4.69) is 54.7 Å². The molecule has 0 radical (unpaired) electrons. The van der Waals surface area contributed by atoms with Gasteiger partial charge in [-0.15, -0.1) is 0 Å². The molecule has 3 aromatic rings. The van der Waals surface area contributed by atoms with E-state index in [0.717, 1.165) is 49.6 Å². The largest absolute Gasteiger partial charge is 0.493 e. The highest BCUT2D eigenvalue weighted by atomic mass is 16.5. The van der Waals surface area contributed by atoms with Gasteiger partial charge in [0.15, 0.2) is 0 Å². The Labute approximate surface area is 168 Å². The van der Waals surface area contributed by atoms with E-state index >= 15 is 0 Å². The second-order valence-electron chi connectivity index (χ2n) is 6.78. The lowest BCUT2D eigenvalue weighted by molar-refractivity contribution is 0.310. The molecule has 3 rings (SSSR count). The summed E-state index contributed by atoms with van der Waals surface area (Å²) in [6.45, 7) is 4.36. The van der Waals surface area contributed by atoms with Gasteiger partial charge in [0.1, 0.15) is 11.5 Å². The molecule has 0 saturated carbocycles. The maximum absolute atomic E-state index is 5.88. The molecular weight excluding hydrogens is 346 g/mol. The molecular formula is C25H29NO2. The minimum absolute atomic E-state index is 0.685. The zero-order chi connectivity index (χ0) is 19.4. The zero-order valence-electron chi connectivity index (χ0n) is 16.6. The Morgan fingerprint density at radius 3 is 2.25 bits per heavy atom. The van der Waals surface area contributed by atoms with Gasteiger partial charge in [-0.05, 0) is 41.8 Å². The first-order valence-electron chi connectivity index (χ1n) is 10.1. The number of para-hydroxylation sites is 2. The van der Waals surface area contributed by atoms with Crippen molar-refractivity contribution in [2.24, 2.45) is 0 Å². The van der Waals surface area contributed by atoms with Gasteiger partial charge in [0.2, 0.25) is 0 Å². The van der Waals surface area contributed by atoms with Crippen LogP contribution in [0, 0.1) is 0 Å². The first-order valence-corrected chi connectivity index (χ1v) is 10.1. The highest BCUT2D eigenvalue weighted by molar-refractivity contribution is 5.56. The summed E-state index contributed by atoms with van der Waals surface area (Å²) < 4.78 is 11.7. The molecule has 0 aliphatic heterocycles. The van der Waals surface area contributed by atoms with Crippen LogP contribution in [0.5, 0.6) is 11.5 Å². The lowest BCUT2D eigenvalue weighted by atomic mass is 10.2. The van der Waals surface area contributed by atoms with Crippen LogP contribution >= 0.6 is 0 Å². The Kier molecular flexibility index (Phi) is 7.80. The van der Waals surface area contributed by atoms with Crippen LogP contribution in [0.4, 0.5) is 5.69 Å². The van der Waals surface area contributed by atoms with Gasteiger partial charge < -0.3 is 14.8 Å². The lowest BCUT2D eigenvalue weighted by Gasteiger charge is -2.13. The number of nitrogens with one attached hydrogen (secondary N) is 1. The fraction of sp³-hybridized carbons (Fsp3) is 0.280. The summed E-state index contributed by atoms with van der Waals surface area (Å²) in [4.78, 5) is 0. The molecule has 146 valence electrons. The Bertz CT molecular complexity index is 815. The van der Waals surface area contributed by atoms with E-state index in [-0.39, 0.29) is 0 Å². The van der Waals surface area contributed by atoms with Crippen molar-refractivity contribution in [3.05, 3.63) is 90.0 Å². The number of unbranched alkanes of at least 4 members (excludes halogenated alkanes) is 1. The van der Waals surface area contributed by atoms with Gasteiger partial charge >= 0.3 is 0 Å². The Balaban J connectivity index is 1.47. The standard InChI is InChI=1S/C25H29NO2/c1-2-3-18-28-25-12-8-7-11-24(25)26-20-22-13-15-23(16-14-22)27-19-17-21-9-5-4-6-10-21/h4-16,26H,2-3,17-20H2,1H3. The van der Waals surface area contributed by atoms with Gasteiger partial charge in [0.05, 0.1) is 18.9 Å². The van der Waals surface area contributed by atoms with Crippen LogP contribution in [0.15, 0.2) is 78.9 Å². The number of hydrogen-bond acceptors (Lipinski definition) is 3. The summed E-state index contributed by atoms with van der Waals surface area (Å²) in [5.74, 6) is 1.82. The van der Waals surface area contributed by atoms with Crippen molar-refractivity contribution in [3.8, 4) is 11.5 Å². The molecule has 0 bridgehead atoms. The van der Waals surface area contributed by atoms with Crippen molar-refractivity contribution in [1.29, 1.82) is 0 Å². The molecule has 0 fully saturated rings. The highest BCUT2D eigenvalue weighted by Crippen LogP contribution is 2.25. The van der Waals surface area contributed by atoms with Crippen LogP contribution in [0.1, 0.15) is 30.9 Å². The Morgan fingerprint density at radius 2 is 1.46 bits per heavy atom. The van der Waals surface area contributed by atoms with Gasteiger partial charge in [0, 0.05) is 13.0 Å². The van der Waals surface area contributed by atoms with Crippen LogP contribution in [0.2, 0.25) is 0 Å². The normalized spacial score (nSPS) is 10.5. The second kappa shape index (κ2) is 11.0. The third-order valence-corrected chi connectivity index (χ3v) is 4.55. The van der Waals surface area contributed by atoms with Crippen molar-refractivity contribution in [2.75, 3.05) is 18.5 Å². The van der Waals surface area contributed by atoms with Gasteiger partial charge in [-0.2, -0.15) is 0 Å². The predicted octanol–water partition coefficient (Wildman–Crippen LogP) is 6.10. The van der Waals surface area contributed by atoms with E-state index in [1.54, 1.807) is 0 Å².